The Labute approximate surface area is 162 Å². The average molecular weight is 388 g/mol. The number of carbonyl (C=O) groups excluding carboxylic acids is 1. The van der Waals surface area contributed by atoms with Crippen LogP contribution in [0.1, 0.15) is 37.8 Å². The van der Waals surface area contributed by atoms with Crippen LogP contribution in [0.5, 0.6) is 0 Å². The Morgan fingerprint density at radius 3 is 2.74 bits per heavy atom. The fourth-order valence-corrected chi connectivity index (χ4v) is 4.07. The minimum Gasteiger partial charge on any atom is -0.481 e. The van der Waals surface area contributed by atoms with Crippen molar-refractivity contribution in [2.24, 2.45) is 5.92 Å². The number of nitrogens with zero attached hydrogens (tertiary/aromatic N) is 1. The number of rotatable bonds is 7. The molecule has 0 bridgehead atoms. The van der Waals surface area contributed by atoms with E-state index in [4.69, 9.17) is 4.42 Å². The summed E-state index contributed by atoms with van der Waals surface area (Å²) in [6.07, 6.45) is 5.88. The lowest BCUT2D eigenvalue weighted by Gasteiger charge is -2.22. The number of carbonyl (C=O) groups is 2. The summed E-state index contributed by atoms with van der Waals surface area (Å²) in [5.74, 6) is -0.00712. The Morgan fingerprint density at radius 1 is 1.19 bits per heavy atom. The fraction of sp³-hybridized carbons (Fsp3) is 0.450. The molecule has 1 aromatic heterocycles. The number of hydrogen-bond acceptors (Lipinski definition) is 5. The van der Waals surface area contributed by atoms with Gasteiger partial charge in [-0.2, -0.15) is 0 Å². The van der Waals surface area contributed by atoms with Crippen molar-refractivity contribution in [3.8, 4) is 11.5 Å². The molecule has 0 aliphatic heterocycles. The highest BCUT2D eigenvalue weighted by Gasteiger charge is 2.30. The van der Waals surface area contributed by atoms with Crippen LogP contribution in [-0.4, -0.2) is 33.8 Å². The monoisotopic (exact) mass is 388 g/mol. The van der Waals surface area contributed by atoms with Gasteiger partial charge in [-0.25, -0.2) is 4.98 Å². The smallest absolute Gasteiger partial charge is 0.308 e. The third-order valence-electron chi connectivity index (χ3n) is 4.74. The van der Waals surface area contributed by atoms with Gasteiger partial charge in [0.1, 0.15) is 6.26 Å². The van der Waals surface area contributed by atoms with E-state index in [-0.39, 0.29) is 17.7 Å². The van der Waals surface area contributed by atoms with Crippen molar-refractivity contribution in [2.45, 2.75) is 43.9 Å². The summed E-state index contributed by atoms with van der Waals surface area (Å²) in [5.41, 5.74) is 1.70. The number of oxazole rings is 1. The van der Waals surface area contributed by atoms with Crippen molar-refractivity contribution in [3.05, 3.63) is 42.3 Å². The van der Waals surface area contributed by atoms with Gasteiger partial charge in [-0.3, -0.25) is 9.59 Å². The van der Waals surface area contributed by atoms with E-state index in [0.717, 1.165) is 36.9 Å². The summed E-state index contributed by atoms with van der Waals surface area (Å²) in [6.45, 7) is 0. The highest BCUT2D eigenvalue weighted by molar-refractivity contribution is 7.99. The molecule has 1 saturated carbocycles. The van der Waals surface area contributed by atoms with Gasteiger partial charge in [-0.15, -0.1) is 11.8 Å². The molecule has 27 heavy (non-hydrogen) atoms. The number of carboxylic acids is 1. The van der Waals surface area contributed by atoms with Crippen LogP contribution in [0.25, 0.3) is 11.5 Å². The molecular formula is C20H24N2O4S. The van der Waals surface area contributed by atoms with Gasteiger partial charge in [0.05, 0.1) is 17.4 Å². The zero-order chi connectivity index (χ0) is 19.1. The Balaban J connectivity index is 1.47. The molecule has 2 aromatic rings. The highest BCUT2D eigenvalue weighted by Crippen LogP contribution is 2.24. The summed E-state index contributed by atoms with van der Waals surface area (Å²) >= 11 is 1.44. The standard InChI is InChI=1S/C20H24N2O4S/c23-18(22-17-10-6-2-5-9-16(17)20(24)25)13-27-12-15-11-26-19(21-15)14-7-3-1-4-8-14/h1,3-4,7-8,11,16-17H,2,5-6,9-10,12-13H2,(H,22,23)(H,24,25)/t16-,17+/m1/s1. The Kier molecular flexibility index (Phi) is 6.92. The largest absolute Gasteiger partial charge is 0.481 e. The van der Waals surface area contributed by atoms with E-state index in [1.165, 1.54) is 11.8 Å². The van der Waals surface area contributed by atoms with Crippen LogP contribution in [0.15, 0.2) is 41.0 Å². The molecule has 0 saturated heterocycles. The molecule has 1 amide bonds. The van der Waals surface area contributed by atoms with Crippen LogP contribution < -0.4 is 5.32 Å². The second-order valence-corrected chi connectivity index (χ2v) is 7.75. The Hall–Kier alpha value is -2.28. The summed E-state index contributed by atoms with van der Waals surface area (Å²) in [6, 6.07) is 9.39. The third kappa shape index (κ3) is 5.60. The van der Waals surface area contributed by atoms with Gasteiger partial charge in [0.15, 0.2) is 0 Å². The maximum Gasteiger partial charge on any atom is 0.308 e. The molecule has 0 radical (unpaired) electrons. The van der Waals surface area contributed by atoms with Crippen LogP contribution in [-0.2, 0) is 15.3 Å². The summed E-state index contributed by atoms with van der Waals surface area (Å²) in [7, 11) is 0. The molecular weight excluding hydrogens is 364 g/mol. The van der Waals surface area contributed by atoms with Crippen molar-refractivity contribution in [1.82, 2.24) is 10.3 Å². The van der Waals surface area contributed by atoms with Crippen LogP contribution in [0.4, 0.5) is 0 Å². The van der Waals surface area contributed by atoms with Gasteiger partial charge >= 0.3 is 5.97 Å². The highest BCUT2D eigenvalue weighted by atomic mass is 32.2. The number of thioether (sulfide) groups is 1. The zero-order valence-electron chi connectivity index (χ0n) is 15.1. The van der Waals surface area contributed by atoms with Gasteiger partial charge < -0.3 is 14.8 Å². The van der Waals surface area contributed by atoms with Crippen molar-refractivity contribution in [2.75, 3.05) is 5.75 Å². The summed E-state index contributed by atoms with van der Waals surface area (Å²) in [5, 5.41) is 12.3. The van der Waals surface area contributed by atoms with E-state index < -0.39 is 11.9 Å². The normalized spacial score (nSPS) is 20.0. The molecule has 2 N–H and O–H groups in total. The number of aromatic nitrogens is 1. The molecule has 1 aliphatic rings. The average Bonchev–Trinajstić information content (AvgIpc) is 3.01. The molecule has 3 rings (SSSR count). The quantitative estimate of drug-likeness (QED) is 0.702. The number of amides is 1. The molecule has 144 valence electrons. The van der Waals surface area contributed by atoms with Gasteiger partial charge in [0.2, 0.25) is 11.8 Å². The minimum absolute atomic E-state index is 0.120. The lowest BCUT2D eigenvalue weighted by atomic mass is 9.95. The number of benzene rings is 1. The molecule has 2 atom stereocenters. The SMILES string of the molecule is O=C(CSCc1coc(-c2ccccc2)n1)N[C@H]1CCCCC[C@H]1C(=O)O. The zero-order valence-corrected chi connectivity index (χ0v) is 15.9. The minimum atomic E-state index is -0.814. The molecule has 1 heterocycles. The second kappa shape index (κ2) is 9.60. The second-order valence-electron chi connectivity index (χ2n) is 6.76. The van der Waals surface area contributed by atoms with Crippen LogP contribution in [0.3, 0.4) is 0 Å². The predicted molar refractivity (Wildman–Crippen MR) is 104 cm³/mol. The van der Waals surface area contributed by atoms with E-state index >= 15 is 0 Å². The van der Waals surface area contributed by atoms with Crippen LogP contribution in [0.2, 0.25) is 0 Å². The number of carboxylic acid groups (broad SMARTS) is 1. The number of aliphatic carboxylic acids is 1. The van der Waals surface area contributed by atoms with Gasteiger partial charge in [-0.05, 0) is 25.0 Å². The van der Waals surface area contributed by atoms with Gasteiger partial charge in [-0.1, -0.05) is 37.5 Å². The number of hydrogen-bond donors (Lipinski definition) is 2. The lowest BCUT2D eigenvalue weighted by molar-refractivity contribution is -0.143. The van der Waals surface area contributed by atoms with Gasteiger partial charge in [0.25, 0.3) is 0 Å². The van der Waals surface area contributed by atoms with Crippen molar-refractivity contribution in [3.63, 3.8) is 0 Å². The lowest BCUT2D eigenvalue weighted by Crippen LogP contribution is -2.43. The number of nitrogens with one attached hydrogen (secondary N) is 1. The first-order chi connectivity index (χ1) is 13.1. The molecule has 7 heteroatoms. The van der Waals surface area contributed by atoms with E-state index in [0.29, 0.717) is 18.1 Å². The summed E-state index contributed by atoms with van der Waals surface area (Å²) < 4.78 is 5.49. The molecule has 0 unspecified atom stereocenters. The Morgan fingerprint density at radius 2 is 1.96 bits per heavy atom. The van der Waals surface area contributed by atoms with E-state index in [2.05, 4.69) is 10.3 Å². The Bertz CT molecular complexity index is 762. The topological polar surface area (TPSA) is 92.4 Å². The maximum atomic E-state index is 12.2. The van der Waals surface area contributed by atoms with Gasteiger partial charge in [0, 0.05) is 17.4 Å². The first-order valence-corrected chi connectivity index (χ1v) is 10.4. The van der Waals surface area contributed by atoms with Crippen molar-refractivity contribution < 1.29 is 19.1 Å². The molecule has 6 nitrogen and oxygen atoms in total. The van der Waals surface area contributed by atoms with E-state index in [9.17, 15) is 14.7 Å². The van der Waals surface area contributed by atoms with Crippen molar-refractivity contribution >= 4 is 23.6 Å². The molecule has 1 aromatic carbocycles. The maximum absolute atomic E-state index is 12.2. The van der Waals surface area contributed by atoms with Crippen LogP contribution in [0, 0.1) is 5.92 Å². The third-order valence-corrected chi connectivity index (χ3v) is 5.70. The molecule has 1 aliphatic carbocycles. The molecule has 0 spiro atoms. The summed E-state index contributed by atoms with van der Waals surface area (Å²) in [4.78, 5) is 28.1. The van der Waals surface area contributed by atoms with Crippen molar-refractivity contribution in [1.29, 1.82) is 0 Å². The molecule has 1 fully saturated rings. The van der Waals surface area contributed by atoms with Crippen LogP contribution >= 0.6 is 11.8 Å². The van der Waals surface area contributed by atoms with E-state index in [1.807, 2.05) is 30.3 Å². The first-order valence-electron chi connectivity index (χ1n) is 9.23. The van der Waals surface area contributed by atoms with E-state index in [1.54, 1.807) is 6.26 Å². The first kappa shape index (κ1) is 19.5. The fourth-order valence-electron chi connectivity index (χ4n) is 3.36. The predicted octanol–water partition coefficient (Wildman–Crippen LogP) is 3.72.